The van der Waals surface area contributed by atoms with Crippen LogP contribution in [0.3, 0.4) is 0 Å². The summed E-state index contributed by atoms with van der Waals surface area (Å²) in [4.78, 5) is 49.3. The van der Waals surface area contributed by atoms with Crippen LogP contribution in [0.25, 0.3) is 11.1 Å². The van der Waals surface area contributed by atoms with Crippen LogP contribution in [0, 0.1) is 0 Å². The maximum absolute atomic E-state index is 13.1. The fourth-order valence-corrected chi connectivity index (χ4v) is 7.39. The van der Waals surface area contributed by atoms with Crippen molar-refractivity contribution in [2.24, 2.45) is 0 Å². The summed E-state index contributed by atoms with van der Waals surface area (Å²) < 4.78 is 28.6. The van der Waals surface area contributed by atoms with Crippen LogP contribution in [0.2, 0.25) is 0 Å². The largest absolute Gasteiger partial charge is 0.494 e. The van der Waals surface area contributed by atoms with Crippen molar-refractivity contribution in [2.75, 3.05) is 13.2 Å². The monoisotopic (exact) mass is 898 g/mol. The Labute approximate surface area is 390 Å². The number of carboxylic acid groups (broad SMARTS) is 1. The van der Waals surface area contributed by atoms with E-state index in [0.717, 1.165) is 75.3 Å². The first-order chi connectivity index (χ1) is 32.3. The van der Waals surface area contributed by atoms with E-state index >= 15 is 0 Å². The van der Waals surface area contributed by atoms with Crippen LogP contribution >= 0.6 is 0 Å². The molecule has 0 atom stereocenters. The number of esters is 3. The summed E-state index contributed by atoms with van der Waals surface area (Å²) in [6.07, 6.45) is 21.2. The van der Waals surface area contributed by atoms with Gasteiger partial charge in [0.1, 0.15) is 28.7 Å². The van der Waals surface area contributed by atoms with E-state index < -0.39 is 23.9 Å². The van der Waals surface area contributed by atoms with E-state index in [9.17, 15) is 19.2 Å². The Morgan fingerprint density at radius 2 is 0.742 bits per heavy atom. The van der Waals surface area contributed by atoms with Crippen LogP contribution < -0.4 is 23.7 Å². The zero-order valence-corrected chi connectivity index (χ0v) is 38.5. The molecule has 66 heavy (non-hydrogen) atoms. The molecule has 350 valence electrons. The van der Waals surface area contributed by atoms with Gasteiger partial charge in [0.15, 0.2) is 0 Å². The van der Waals surface area contributed by atoms with Gasteiger partial charge in [0.25, 0.3) is 0 Å². The number of aliphatic carboxylic acids is 1. The summed E-state index contributed by atoms with van der Waals surface area (Å²) in [5, 5.41) is 8.70. The molecule has 0 aliphatic carbocycles. The minimum atomic E-state index is -0.723. The normalized spacial score (nSPS) is 10.9. The number of hydrogen-bond donors (Lipinski definition) is 1. The molecule has 0 saturated carbocycles. The lowest BCUT2D eigenvalue weighted by molar-refractivity contribution is -0.137. The van der Waals surface area contributed by atoms with Crippen molar-refractivity contribution in [2.45, 2.75) is 129 Å². The molecule has 0 aromatic heterocycles. The summed E-state index contributed by atoms with van der Waals surface area (Å²) in [5.41, 5.74) is 2.72. The molecule has 0 fully saturated rings. The zero-order valence-electron chi connectivity index (χ0n) is 38.5. The molecule has 0 aliphatic heterocycles. The topological polar surface area (TPSA) is 135 Å². The highest BCUT2D eigenvalue weighted by molar-refractivity contribution is 5.93. The van der Waals surface area contributed by atoms with Crippen molar-refractivity contribution in [1.82, 2.24) is 0 Å². The molecule has 0 heterocycles. The summed E-state index contributed by atoms with van der Waals surface area (Å²) in [6.45, 7) is 3.49. The maximum Gasteiger partial charge on any atom is 0.343 e. The summed E-state index contributed by atoms with van der Waals surface area (Å²) in [6, 6.07) is 34.2. The van der Waals surface area contributed by atoms with E-state index in [-0.39, 0.29) is 6.42 Å². The first kappa shape index (κ1) is 50.6. The molecule has 0 aliphatic rings. The molecule has 0 saturated heterocycles. The second kappa shape index (κ2) is 29.2. The molecule has 5 aromatic rings. The molecule has 0 radical (unpaired) electrons. The van der Waals surface area contributed by atoms with E-state index in [2.05, 4.69) is 6.92 Å². The fourth-order valence-electron chi connectivity index (χ4n) is 7.39. The van der Waals surface area contributed by atoms with Gasteiger partial charge in [-0.2, -0.15) is 0 Å². The molecule has 0 spiro atoms. The van der Waals surface area contributed by atoms with Crippen molar-refractivity contribution in [3.63, 3.8) is 0 Å². The quantitative estimate of drug-likeness (QED) is 0.0260. The van der Waals surface area contributed by atoms with Gasteiger partial charge in [-0.25, -0.2) is 14.4 Å². The SMILES string of the molecule is CCCCCCCCCCCCOc1ccc(C(=O)Oc2ccc(C(=O)Oc3cccc(-c4ccc(OC(=O)c5ccc(OCCCCCCCCCCC(=O)O)cc5)cc4)c3)cc2)cc1. The van der Waals surface area contributed by atoms with Crippen molar-refractivity contribution in [3.05, 3.63) is 138 Å². The second-order valence-electron chi connectivity index (χ2n) is 16.6. The average molecular weight is 899 g/mol. The molecule has 5 aromatic carbocycles. The van der Waals surface area contributed by atoms with E-state index in [4.69, 9.17) is 28.8 Å². The highest BCUT2D eigenvalue weighted by Crippen LogP contribution is 2.28. The average Bonchev–Trinajstić information content (AvgIpc) is 3.33. The Balaban J connectivity index is 0.979. The molecule has 1 N–H and O–H groups in total. The van der Waals surface area contributed by atoms with Gasteiger partial charge in [0.05, 0.1) is 29.9 Å². The van der Waals surface area contributed by atoms with Gasteiger partial charge in [-0.1, -0.05) is 128 Å². The first-order valence-electron chi connectivity index (χ1n) is 23.9. The molecule has 0 amide bonds. The van der Waals surface area contributed by atoms with Crippen LogP contribution in [-0.2, 0) is 4.79 Å². The van der Waals surface area contributed by atoms with Gasteiger partial charge in [-0.15, -0.1) is 0 Å². The van der Waals surface area contributed by atoms with Crippen molar-refractivity contribution in [3.8, 4) is 39.9 Å². The van der Waals surface area contributed by atoms with Crippen molar-refractivity contribution < 1.29 is 48.0 Å². The third-order valence-corrected chi connectivity index (χ3v) is 11.2. The summed E-state index contributed by atoms with van der Waals surface area (Å²) in [5.74, 6) is 0.161. The summed E-state index contributed by atoms with van der Waals surface area (Å²) >= 11 is 0. The van der Waals surface area contributed by atoms with E-state index in [1.54, 1.807) is 103 Å². The van der Waals surface area contributed by atoms with E-state index in [1.165, 1.54) is 51.4 Å². The molecular weight excluding hydrogens is 833 g/mol. The van der Waals surface area contributed by atoms with E-state index in [1.807, 2.05) is 18.2 Å². The zero-order chi connectivity index (χ0) is 46.6. The number of ether oxygens (including phenoxy) is 5. The number of carboxylic acids is 1. The number of benzene rings is 5. The van der Waals surface area contributed by atoms with Gasteiger partial charge in [-0.05, 0) is 127 Å². The third-order valence-electron chi connectivity index (χ3n) is 11.2. The minimum Gasteiger partial charge on any atom is -0.494 e. The van der Waals surface area contributed by atoms with Crippen LogP contribution in [-0.4, -0.2) is 42.2 Å². The summed E-state index contributed by atoms with van der Waals surface area (Å²) in [7, 11) is 0. The predicted molar refractivity (Wildman–Crippen MR) is 258 cm³/mol. The standard InChI is InChI=1S/C56H66O10/c1-2-3-4-5-6-7-9-12-15-18-40-62-49-34-28-45(29-35-49)55(60)65-51-38-30-46(31-39-51)56(61)66-52-22-20-21-47(42-52)43-24-36-50(37-25-43)64-54(59)44-26-32-48(33-27-44)63-41-19-16-13-10-8-11-14-17-23-53(57)58/h20-22,24-39,42H,2-19,23,40-41H2,1H3,(H,57,58). The number of rotatable bonds is 31. The van der Waals surface area contributed by atoms with Crippen molar-refractivity contribution >= 4 is 23.9 Å². The fraction of sp³-hybridized carbons (Fsp3) is 0.393. The number of carbonyl (C=O) groups is 4. The number of hydrogen-bond acceptors (Lipinski definition) is 9. The van der Waals surface area contributed by atoms with Crippen LogP contribution in [0.4, 0.5) is 0 Å². The first-order valence-corrected chi connectivity index (χ1v) is 23.9. The Hall–Kier alpha value is -6.42. The lowest BCUT2D eigenvalue weighted by Gasteiger charge is -2.10. The van der Waals surface area contributed by atoms with Crippen LogP contribution in [0.5, 0.6) is 28.7 Å². The van der Waals surface area contributed by atoms with Gasteiger partial charge in [-0.3, -0.25) is 4.79 Å². The smallest absolute Gasteiger partial charge is 0.343 e. The van der Waals surface area contributed by atoms with Crippen LogP contribution in [0.1, 0.15) is 160 Å². The van der Waals surface area contributed by atoms with Crippen LogP contribution in [0.15, 0.2) is 121 Å². The Bertz CT molecular complexity index is 2200. The Morgan fingerprint density at radius 3 is 1.17 bits per heavy atom. The number of unbranched alkanes of at least 4 members (excludes halogenated alkanes) is 16. The minimum absolute atomic E-state index is 0.256. The van der Waals surface area contributed by atoms with Gasteiger partial charge < -0.3 is 28.8 Å². The van der Waals surface area contributed by atoms with Gasteiger partial charge >= 0.3 is 23.9 Å². The lowest BCUT2D eigenvalue weighted by Crippen LogP contribution is -2.10. The van der Waals surface area contributed by atoms with E-state index in [0.29, 0.717) is 58.7 Å². The second-order valence-corrected chi connectivity index (χ2v) is 16.6. The Morgan fingerprint density at radius 1 is 0.379 bits per heavy atom. The molecule has 0 bridgehead atoms. The van der Waals surface area contributed by atoms with Gasteiger partial charge in [0, 0.05) is 6.42 Å². The molecule has 0 unspecified atom stereocenters. The third kappa shape index (κ3) is 19.0. The molecule has 10 heteroatoms. The molecule has 5 rings (SSSR count). The maximum atomic E-state index is 13.1. The molecular formula is C56H66O10. The predicted octanol–water partition coefficient (Wildman–Crippen LogP) is 14.3. The Kier molecular flexibility index (Phi) is 22.4. The lowest BCUT2D eigenvalue weighted by atomic mass is 10.1. The highest BCUT2D eigenvalue weighted by Gasteiger charge is 2.14. The van der Waals surface area contributed by atoms with Crippen molar-refractivity contribution in [1.29, 1.82) is 0 Å². The number of carbonyl (C=O) groups excluding carboxylic acids is 3. The van der Waals surface area contributed by atoms with Gasteiger partial charge in [0.2, 0.25) is 0 Å². The molecule has 10 nitrogen and oxygen atoms in total. The highest BCUT2D eigenvalue weighted by atomic mass is 16.5.